The lowest BCUT2D eigenvalue weighted by Crippen LogP contribution is -2.43. The van der Waals surface area contributed by atoms with Gasteiger partial charge in [-0.05, 0) is 31.2 Å². The second kappa shape index (κ2) is 9.62. The van der Waals surface area contributed by atoms with Gasteiger partial charge in [-0.1, -0.05) is 18.5 Å². The minimum atomic E-state index is -2.98. The van der Waals surface area contributed by atoms with Crippen molar-refractivity contribution >= 4 is 27.4 Å². The van der Waals surface area contributed by atoms with E-state index in [0.29, 0.717) is 24.1 Å². The predicted molar refractivity (Wildman–Crippen MR) is 95.2 cm³/mol. The molecule has 1 aromatic rings. The fourth-order valence-electron chi connectivity index (χ4n) is 1.72. The van der Waals surface area contributed by atoms with E-state index < -0.39 is 9.84 Å². The number of nitrogens with zero attached hydrogens (tertiary/aromatic N) is 1. The first-order chi connectivity index (χ1) is 10.9. The van der Waals surface area contributed by atoms with E-state index in [0.717, 1.165) is 5.75 Å². The largest absolute Gasteiger partial charge is 0.489 e. The molecule has 130 valence electrons. The molecule has 0 amide bonds. The van der Waals surface area contributed by atoms with Gasteiger partial charge in [0.05, 0.1) is 12.3 Å². The smallest absolute Gasteiger partial charge is 0.191 e. The summed E-state index contributed by atoms with van der Waals surface area (Å²) in [6, 6.07) is 7.15. The molecule has 0 aliphatic heterocycles. The summed E-state index contributed by atoms with van der Waals surface area (Å²) in [7, 11) is -1.35. The number of ether oxygens (including phenoxy) is 1. The lowest BCUT2D eigenvalue weighted by atomic mass is 10.3. The summed E-state index contributed by atoms with van der Waals surface area (Å²) in [5.74, 6) is 1.51. The number of hydrogen-bond acceptors (Lipinski definition) is 4. The number of halogens is 1. The normalized spacial score (nSPS) is 13.5. The predicted octanol–water partition coefficient (Wildman–Crippen LogP) is 1.71. The zero-order chi connectivity index (χ0) is 17.3. The van der Waals surface area contributed by atoms with Crippen LogP contribution >= 0.6 is 11.6 Å². The van der Waals surface area contributed by atoms with Gasteiger partial charge >= 0.3 is 0 Å². The van der Waals surface area contributed by atoms with Gasteiger partial charge in [-0.3, -0.25) is 4.99 Å². The van der Waals surface area contributed by atoms with E-state index in [2.05, 4.69) is 15.6 Å². The van der Waals surface area contributed by atoms with Crippen molar-refractivity contribution in [1.82, 2.24) is 10.6 Å². The van der Waals surface area contributed by atoms with Gasteiger partial charge in [0.1, 0.15) is 11.9 Å². The fraction of sp³-hybridized carbons (Fsp3) is 0.533. The molecule has 1 aromatic carbocycles. The summed E-state index contributed by atoms with van der Waals surface area (Å²) >= 11 is 5.83. The molecular formula is C15H24ClN3O3S. The molecular weight excluding hydrogens is 338 g/mol. The number of nitrogens with one attached hydrogen (secondary N) is 2. The van der Waals surface area contributed by atoms with Gasteiger partial charge in [0, 0.05) is 24.4 Å². The van der Waals surface area contributed by atoms with E-state index in [4.69, 9.17) is 16.3 Å². The lowest BCUT2D eigenvalue weighted by molar-refractivity contribution is 0.224. The summed E-state index contributed by atoms with van der Waals surface area (Å²) in [5, 5.41) is 6.73. The molecule has 0 aliphatic rings. The van der Waals surface area contributed by atoms with Gasteiger partial charge in [-0.25, -0.2) is 8.42 Å². The van der Waals surface area contributed by atoms with Crippen LogP contribution in [0, 0.1) is 0 Å². The zero-order valence-corrected chi connectivity index (χ0v) is 15.2. The number of benzene rings is 1. The number of aliphatic imine (C=N–C) groups is 1. The van der Waals surface area contributed by atoms with E-state index in [1.807, 2.05) is 19.1 Å². The highest BCUT2D eigenvalue weighted by Gasteiger charge is 2.09. The lowest BCUT2D eigenvalue weighted by Gasteiger charge is -2.17. The van der Waals surface area contributed by atoms with Crippen molar-refractivity contribution in [3.8, 4) is 5.75 Å². The molecule has 0 spiro atoms. The molecule has 1 atom stereocenters. The molecule has 0 aliphatic carbocycles. The Kier molecular flexibility index (Phi) is 8.19. The monoisotopic (exact) mass is 361 g/mol. The van der Waals surface area contributed by atoms with Crippen LogP contribution in [0.25, 0.3) is 0 Å². The Labute approximate surface area is 143 Å². The van der Waals surface area contributed by atoms with Crippen molar-refractivity contribution in [2.24, 2.45) is 4.99 Å². The summed E-state index contributed by atoms with van der Waals surface area (Å²) in [5.41, 5.74) is 0. The van der Waals surface area contributed by atoms with E-state index in [9.17, 15) is 8.42 Å². The summed E-state index contributed by atoms with van der Waals surface area (Å²) in [4.78, 5) is 4.05. The Bertz CT molecular complexity index is 603. The van der Waals surface area contributed by atoms with E-state index in [1.165, 1.54) is 0 Å². The fourth-order valence-corrected chi connectivity index (χ4v) is 2.55. The molecule has 2 N–H and O–H groups in total. The Morgan fingerprint density at radius 3 is 2.52 bits per heavy atom. The molecule has 0 radical (unpaired) electrons. The minimum Gasteiger partial charge on any atom is -0.489 e. The van der Waals surface area contributed by atoms with Gasteiger partial charge in [-0.2, -0.15) is 0 Å². The highest BCUT2D eigenvalue weighted by Crippen LogP contribution is 2.16. The molecule has 6 nitrogen and oxygen atoms in total. The average molecular weight is 362 g/mol. The van der Waals surface area contributed by atoms with Crippen molar-refractivity contribution in [3.05, 3.63) is 29.3 Å². The molecule has 23 heavy (non-hydrogen) atoms. The number of rotatable bonds is 8. The first-order valence-corrected chi connectivity index (χ1v) is 9.63. The molecule has 8 heteroatoms. The molecule has 0 fully saturated rings. The van der Waals surface area contributed by atoms with Gasteiger partial charge < -0.3 is 15.4 Å². The van der Waals surface area contributed by atoms with Crippen molar-refractivity contribution in [2.75, 3.05) is 31.6 Å². The first kappa shape index (κ1) is 19.6. The van der Waals surface area contributed by atoms with Crippen LogP contribution in [0.4, 0.5) is 0 Å². The zero-order valence-electron chi connectivity index (χ0n) is 13.7. The van der Waals surface area contributed by atoms with Crippen molar-refractivity contribution in [2.45, 2.75) is 20.0 Å². The number of sulfone groups is 1. The molecule has 0 bridgehead atoms. The maximum Gasteiger partial charge on any atom is 0.191 e. The Balaban J connectivity index is 2.34. The third-order valence-electron chi connectivity index (χ3n) is 3.08. The van der Waals surface area contributed by atoms with Crippen LogP contribution in [0.2, 0.25) is 5.02 Å². The second-order valence-electron chi connectivity index (χ2n) is 5.00. The maximum absolute atomic E-state index is 11.4. The van der Waals surface area contributed by atoms with Crippen LogP contribution in [-0.4, -0.2) is 52.1 Å². The van der Waals surface area contributed by atoms with Crippen molar-refractivity contribution < 1.29 is 13.2 Å². The quantitative estimate of drug-likeness (QED) is 0.544. The van der Waals surface area contributed by atoms with Crippen LogP contribution in [-0.2, 0) is 9.84 Å². The molecule has 0 saturated carbocycles. The van der Waals surface area contributed by atoms with Crippen LogP contribution in [0.15, 0.2) is 29.3 Å². The van der Waals surface area contributed by atoms with Crippen molar-refractivity contribution in [1.29, 1.82) is 0 Å². The van der Waals surface area contributed by atoms with Crippen LogP contribution < -0.4 is 15.4 Å². The second-order valence-corrected chi connectivity index (χ2v) is 7.91. The maximum atomic E-state index is 11.4. The standard InChI is InChI=1S/C15H24ClN3O3S/c1-4-23(20,21)10-9-18-15(17-3)19-11-12(2)22-14-7-5-13(16)6-8-14/h5-8,12H,4,9-11H2,1-3H3,(H2,17,18,19). The van der Waals surface area contributed by atoms with E-state index in [1.54, 1.807) is 26.1 Å². The van der Waals surface area contributed by atoms with E-state index in [-0.39, 0.29) is 17.6 Å². The first-order valence-electron chi connectivity index (χ1n) is 7.43. The van der Waals surface area contributed by atoms with Crippen LogP contribution in [0.5, 0.6) is 5.75 Å². The SMILES string of the molecule is CCS(=O)(=O)CCNC(=NC)NCC(C)Oc1ccc(Cl)cc1. The highest BCUT2D eigenvalue weighted by molar-refractivity contribution is 7.91. The molecule has 1 rings (SSSR count). The summed E-state index contributed by atoms with van der Waals surface area (Å²) in [6.45, 7) is 4.42. The van der Waals surface area contributed by atoms with Crippen molar-refractivity contribution in [3.63, 3.8) is 0 Å². The minimum absolute atomic E-state index is 0.0844. The molecule has 0 saturated heterocycles. The van der Waals surface area contributed by atoms with Crippen LogP contribution in [0.1, 0.15) is 13.8 Å². The van der Waals surface area contributed by atoms with Gasteiger partial charge in [0.2, 0.25) is 0 Å². The number of guanidine groups is 1. The molecule has 0 aromatic heterocycles. The molecule has 0 heterocycles. The third-order valence-corrected chi connectivity index (χ3v) is 5.03. The molecule has 1 unspecified atom stereocenters. The average Bonchev–Trinajstić information content (AvgIpc) is 2.53. The van der Waals surface area contributed by atoms with Gasteiger partial charge in [-0.15, -0.1) is 0 Å². The Morgan fingerprint density at radius 1 is 1.30 bits per heavy atom. The van der Waals surface area contributed by atoms with Crippen LogP contribution in [0.3, 0.4) is 0 Å². The summed E-state index contributed by atoms with van der Waals surface area (Å²) in [6.07, 6.45) is -0.0888. The highest BCUT2D eigenvalue weighted by atomic mass is 35.5. The van der Waals surface area contributed by atoms with Gasteiger partial charge in [0.15, 0.2) is 15.8 Å². The third kappa shape index (κ3) is 8.08. The van der Waals surface area contributed by atoms with E-state index >= 15 is 0 Å². The Hall–Kier alpha value is -1.47. The summed E-state index contributed by atoms with van der Waals surface area (Å²) < 4.78 is 28.6. The topological polar surface area (TPSA) is 79.8 Å². The number of hydrogen-bond donors (Lipinski definition) is 2. The van der Waals surface area contributed by atoms with Gasteiger partial charge in [0.25, 0.3) is 0 Å². The Morgan fingerprint density at radius 2 is 1.96 bits per heavy atom.